The lowest BCUT2D eigenvalue weighted by Gasteiger charge is -2.10. The number of carbonyl (C=O) groups excluding carboxylic acids is 2. The highest BCUT2D eigenvalue weighted by Gasteiger charge is 2.13. The number of hydrogen-bond acceptors (Lipinski definition) is 6. The van der Waals surface area contributed by atoms with Gasteiger partial charge in [0, 0.05) is 6.42 Å². The van der Waals surface area contributed by atoms with Crippen LogP contribution < -0.4 is 19.6 Å². The van der Waals surface area contributed by atoms with E-state index in [9.17, 15) is 9.59 Å². The Morgan fingerprint density at radius 3 is 1.90 bits per heavy atom. The lowest BCUT2D eigenvalue weighted by atomic mass is 10.0. The van der Waals surface area contributed by atoms with Gasteiger partial charge >= 0.3 is 5.97 Å². The van der Waals surface area contributed by atoms with Crippen molar-refractivity contribution in [3.8, 4) is 17.2 Å². The van der Waals surface area contributed by atoms with Gasteiger partial charge in [0.05, 0.1) is 26.0 Å². The van der Waals surface area contributed by atoms with Crippen molar-refractivity contribution >= 4 is 18.1 Å². The van der Waals surface area contributed by atoms with Crippen LogP contribution in [0.4, 0.5) is 0 Å². The first-order chi connectivity index (χ1) is 19.1. The quantitative estimate of drug-likeness (QED) is 0.0610. The second-order valence-electron chi connectivity index (χ2n) is 9.81. The van der Waals surface area contributed by atoms with Crippen LogP contribution in [0.2, 0.25) is 0 Å². The zero-order chi connectivity index (χ0) is 28.1. The van der Waals surface area contributed by atoms with Gasteiger partial charge in [0.15, 0.2) is 11.5 Å². The van der Waals surface area contributed by atoms with E-state index in [0.717, 1.165) is 12.8 Å². The zero-order valence-electron chi connectivity index (χ0n) is 24.0. The van der Waals surface area contributed by atoms with Gasteiger partial charge in [-0.1, -0.05) is 84.0 Å². The third-order valence-electron chi connectivity index (χ3n) is 6.63. The number of nitrogens with zero attached hydrogens (tertiary/aromatic N) is 1. The van der Waals surface area contributed by atoms with Crippen LogP contribution in [-0.2, 0) is 4.79 Å². The second kappa shape index (κ2) is 19.7. The summed E-state index contributed by atoms with van der Waals surface area (Å²) in [4.78, 5) is 24.5. The number of methoxy groups -OCH3 is 2. The fourth-order valence-corrected chi connectivity index (χ4v) is 4.27. The third-order valence-corrected chi connectivity index (χ3v) is 6.63. The molecule has 0 spiro atoms. The van der Waals surface area contributed by atoms with Crippen molar-refractivity contribution < 1.29 is 23.8 Å². The molecule has 39 heavy (non-hydrogen) atoms. The molecule has 0 heterocycles. The number of ether oxygens (including phenoxy) is 3. The van der Waals surface area contributed by atoms with E-state index in [0.29, 0.717) is 34.8 Å². The summed E-state index contributed by atoms with van der Waals surface area (Å²) in [5, 5.41) is 4.05. The first-order valence-electron chi connectivity index (χ1n) is 14.4. The van der Waals surface area contributed by atoms with E-state index in [2.05, 4.69) is 17.5 Å². The van der Waals surface area contributed by atoms with Crippen LogP contribution in [0.15, 0.2) is 47.6 Å². The molecule has 2 aromatic carbocycles. The lowest BCUT2D eigenvalue weighted by Crippen LogP contribution is -2.16. The highest BCUT2D eigenvalue weighted by atomic mass is 16.6. The Hall–Kier alpha value is -3.35. The number of nitrogens with one attached hydrogen (secondary N) is 1. The van der Waals surface area contributed by atoms with E-state index in [4.69, 9.17) is 14.2 Å². The molecule has 7 heteroatoms. The fourth-order valence-electron chi connectivity index (χ4n) is 4.27. The Bertz CT molecular complexity index is 1000. The predicted molar refractivity (Wildman–Crippen MR) is 157 cm³/mol. The molecule has 0 radical (unpaired) electrons. The molecule has 214 valence electrons. The molecular weight excluding hydrogens is 492 g/mol. The van der Waals surface area contributed by atoms with E-state index in [1.165, 1.54) is 77.7 Å². The van der Waals surface area contributed by atoms with Crippen molar-refractivity contribution in [2.75, 3.05) is 14.2 Å². The first-order valence-corrected chi connectivity index (χ1v) is 14.4. The van der Waals surface area contributed by atoms with Crippen LogP contribution in [0.25, 0.3) is 0 Å². The summed E-state index contributed by atoms with van der Waals surface area (Å²) in [6.07, 6.45) is 18.6. The second-order valence-corrected chi connectivity index (χ2v) is 9.81. The van der Waals surface area contributed by atoms with Gasteiger partial charge < -0.3 is 14.2 Å². The van der Waals surface area contributed by atoms with Gasteiger partial charge in [0.2, 0.25) is 5.91 Å². The summed E-state index contributed by atoms with van der Waals surface area (Å²) in [6.45, 7) is 2.26. The van der Waals surface area contributed by atoms with Crippen molar-refractivity contribution in [2.45, 2.75) is 96.8 Å². The number of amides is 1. The normalized spacial score (nSPS) is 10.9. The summed E-state index contributed by atoms with van der Waals surface area (Å²) in [6, 6.07) is 11.7. The Morgan fingerprint density at radius 2 is 1.33 bits per heavy atom. The maximum absolute atomic E-state index is 12.5. The molecule has 0 atom stereocenters. The SMILES string of the molecule is CCCCCCCCCCCCCCCC(=O)N/N=C\c1ccc(OC(=O)c2ccc(OC)cc2)c(OC)c1. The Balaban J connectivity index is 1.62. The van der Waals surface area contributed by atoms with Gasteiger partial charge in [-0.2, -0.15) is 5.10 Å². The van der Waals surface area contributed by atoms with Gasteiger partial charge in [0.25, 0.3) is 0 Å². The number of unbranched alkanes of at least 4 members (excludes halogenated alkanes) is 12. The molecule has 0 unspecified atom stereocenters. The van der Waals surface area contributed by atoms with Crippen LogP contribution in [0.5, 0.6) is 17.2 Å². The molecule has 1 amide bonds. The average Bonchev–Trinajstić information content (AvgIpc) is 2.96. The molecule has 0 aliphatic heterocycles. The van der Waals surface area contributed by atoms with Gasteiger partial charge in [-0.15, -0.1) is 0 Å². The number of rotatable bonds is 20. The lowest BCUT2D eigenvalue weighted by molar-refractivity contribution is -0.121. The standard InChI is InChI=1S/C32H46N2O5/c1-4-5-6-7-8-9-10-11-12-13-14-15-16-17-31(35)34-33-25-26-18-23-29(30(24-26)38-3)39-32(36)27-19-21-28(37-2)22-20-27/h18-25H,4-17H2,1-3H3,(H,34,35)/b33-25-. The van der Waals surface area contributed by atoms with Gasteiger partial charge in [-0.3, -0.25) is 4.79 Å². The Kier molecular flexibility index (Phi) is 16.1. The molecule has 0 fully saturated rings. The Labute approximate surface area is 234 Å². The Morgan fingerprint density at radius 1 is 0.744 bits per heavy atom. The van der Waals surface area contributed by atoms with E-state index < -0.39 is 5.97 Å². The molecule has 2 aromatic rings. The molecule has 7 nitrogen and oxygen atoms in total. The minimum atomic E-state index is -0.502. The molecule has 0 saturated heterocycles. The van der Waals surface area contributed by atoms with Crippen molar-refractivity contribution in [3.05, 3.63) is 53.6 Å². The summed E-state index contributed by atoms with van der Waals surface area (Å²) in [5.41, 5.74) is 3.69. The first kappa shape index (κ1) is 31.9. The monoisotopic (exact) mass is 538 g/mol. The van der Waals surface area contributed by atoms with Gasteiger partial charge in [-0.25, -0.2) is 10.2 Å². The van der Waals surface area contributed by atoms with E-state index in [1.807, 2.05) is 0 Å². The molecule has 0 aliphatic carbocycles. The largest absolute Gasteiger partial charge is 0.497 e. The molecule has 0 aromatic heterocycles. The predicted octanol–water partition coefficient (Wildman–Crippen LogP) is 7.85. The van der Waals surface area contributed by atoms with Crippen molar-refractivity contribution in [1.29, 1.82) is 0 Å². The van der Waals surface area contributed by atoms with Gasteiger partial charge in [-0.05, 0) is 54.4 Å². The average molecular weight is 539 g/mol. The third kappa shape index (κ3) is 13.3. The highest BCUT2D eigenvalue weighted by molar-refractivity contribution is 5.91. The van der Waals surface area contributed by atoms with Crippen LogP contribution in [0, 0.1) is 0 Å². The van der Waals surface area contributed by atoms with Crippen molar-refractivity contribution in [3.63, 3.8) is 0 Å². The van der Waals surface area contributed by atoms with E-state index in [-0.39, 0.29) is 5.91 Å². The number of esters is 1. The van der Waals surface area contributed by atoms with Crippen LogP contribution in [0.1, 0.15) is 113 Å². The minimum Gasteiger partial charge on any atom is -0.497 e. The van der Waals surface area contributed by atoms with Crippen molar-refractivity contribution in [1.82, 2.24) is 5.43 Å². The summed E-state index contributed by atoms with van der Waals surface area (Å²) < 4.78 is 16.0. The molecule has 0 bridgehead atoms. The van der Waals surface area contributed by atoms with E-state index >= 15 is 0 Å². The minimum absolute atomic E-state index is 0.0914. The van der Waals surface area contributed by atoms with Crippen molar-refractivity contribution in [2.24, 2.45) is 5.10 Å². The van der Waals surface area contributed by atoms with Gasteiger partial charge in [0.1, 0.15) is 5.75 Å². The maximum atomic E-state index is 12.5. The fraction of sp³-hybridized carbons (Fsp3) is 0.531. The highest BCUT2D eigenvalue weighted by Crippen LogP contribution is 2.28. The topological polar surface area (TPSA) is 86.2 Å². The summed E-state index contributed by atoms with van der Waals surface area (Å²) in [5.74, 6) is 0.745. The summed E-state index contributed by atoms with van der Waals surface area (Å²) >= 11 is 0. The van der Waals surface area contributed by atoms with Crippen LogP contribution in [-0.4, -0.2) is 32.3 Å². The molecule has 2 rings (SSSR count). The molecular formula is C32H46N2O5. The van der Waals surface area contributed by atoms with Crippen LogP contribution in [0.3, 0.4) is 0 Å². The summed E-state index contributed by atoms with van der Waals surface area (Å²) in [7, 11) is 3.06. The number of hydrogen-bond donors (Lipinski definition) is 1. The maximum Gasteiger partial charge on any atom is 0.343 e. The molecule has 0 saturated carbocycles. The number of benzene rings is 2. The molecule has 1 N–H and O–H groups in total. The zero-order valence-corrected chi connectivity index (χ0v) is 24.0. The molecule has 0 aliphatic rings. The smallest absolute Gasteiger partial charge is 0.343 e. The number of carbonyl (C=O) groups is 2. The van der Waals surface area contributed by atoms with Crippen LogP contribution >= 0.6 is 0 Å². The van der Waals surface area contributed by atoms with E-state index in [1.54, 1.807) is 55.8 Å². The number of hydrazone groups is 1.